The van der Waals surface area contributed by atoms with Gasteiger partial charge < -0.3 is 14.4 Å². The first-order valence-corrected chi connectivity index (χ1v) is 9.97. The van der Waals surface area contributed by atoms with E-state index in [1.165, 1.54) is 29.7 Å². The summed E-state index contributed by atoms with van der Waals surface area (Å²) in [6.45, 7) is 4.28. The number of rotatable bonds is 6. The summed E-state index contributed by atoms with van der Waals surface area (Å²) in [5.41, 5.74) is 2.37. The molecule has 1 saturated heterocycles. The van der Waals surface area contributed by atoms with E-state index in [0.29, 0.717) is 5.92 Å². The van der Waals surface area contributed by atoms with Gasteiger partial charge in [-0.25, -0.2) is 4.98 Å². The topological polar surface area (TPSA) is 37.2 Å². The first kappa shape index (κ1) is 18.0. The molecule has 0 aliphatic carbocycles. The number of fused-ring (bicyclic) bond motifs is 1. The fraction of sp³-hybridized carbons (Fsp3) is 0.455. The van der Waals surface area contributed by atoms with Gasteiger partial charge in [0.25, 0.3) is 0 Å². The zero-order chi connectivity index (χ0) is 18.6. The summed E-state index contributed by atoms with van der Waals surface area (Å²) in [6.07, 6.45) is 9.61. The van der Waals surface area contributed by atoms with Crippen molar-refractivity contribution in [3.05, 3.63) is 54.7 Å². The lowest BCUT2D eigenvalue weighted by Gasteiger charge is -2.35. The second-order valence-corrected chi connectivity index (χ2v) is 7.77. The van der Waals surface area contributed by atoms with E-state index in [9.17, 15) is 0 Å². The van der Waals surface area contributed by atoms with Crippen LogP contribution in [0.5, 0.6) is 0 Å². The van der Waals surface area contributed by atoms with E-state index < -0.39 is 0 Å². The predicted octanol–water partition coefficient (Wildman–Crippen LogP) is 3.77. The van der Waals surface area contributed by atoms with Crippen molar-refractivity contribution in [3.63, 3.8) is 0 Å². The van der Waals surface area contributed by atoms with Crippen molar-refractivity contribution in [2.24, 2.45) is 0 Å². The van der Waals surface area contributed by atoms with Crippen molar-refractivity contribution in [2.45, 2.75) is 31.7 Å². The molecule has 3 heterocycles. The molecule has 1 fully saturated rings. The molecular weight excluding hydrogens is 334 g/mol. The molecule has 1 aliphatic rings. The Bertz CT molecular complexity index is 880. The normalized spacial score (nSPS) is 17.7. The third-order valence-corrected chi connectivity index (χ3v) is 5.51. The van der Waals surface area contributed by atoms with Gasteiger partial charge in [-0.1, -0.05) is 18.2 Å². The van der Waals surface area contributed by atoms with E-state index in [2.05, 4.69) is 70.0 Å². The fourth-order valence-electron chi connectivity index (χ4n) is 4.19. The van der Waals surface area contributed by atoms with Crippen molar-refractivity contribution in [2.75, 3.05) is 38.6 Å². The summed E-state index contributed by atoms with van der Waals surface area (Å²) in [5, 5.41) is 1.25. The Balaban J connectivity index is 1.53. The molecule has 5 nitrogen and oxygen atoms in total. The van der Waals surface area contributed by atoms with Gasteiger partial charge in [0.2, 0.25) is 0 Å². The van der Waals surface area contributed by atoms with E-state index in [0.717, 1.165) is 38.1 Å². The van der Waals surface area contributed by atoms with E-state index in [4.69, 9.17) is 4.98 Å². The number of hydrogen-bond donors (Lipinski definition) is 0. The Kier molecular flexibility index (Phi) is 5.39. The van der Waals surface area contributed by atoms with Crippen molar-refractivity contribution in [1.82, 2.24) is 19.4 Å². The molecule has 1 aliphatic heterocycles. The molecule has 0 N–H and O–H groups in total. The number of imidazole rings is 1. The molecule has 1 atom stereocenters. The maximum Gasteiger partial charge on any atom is 0.113 e. The number of pyridine rings is 1. The first-order valence-electron chi connectivity index (χ1n) is 9.97. The molecule has 3 aromatic rings. The van der Waals surface area contributed by atoms with E-state index in [1.807, 2.05) is 12.4 Å². The Morgan fingerprint density at radius 2 is 2.00 bits per heavy atom. The van der Waals surface area contributed by atoms with Gasteiger partial charge in [0.15, 0.2) is 0 Å². The van der Waals surface area contributed by atoms with Crippen molar-refractivity contribution < 1.29 is 0 Å². The Morgan fingerprint density at radius 3 is 2.89 bits per heavy atom. The minimum absolute atomic E-state index is 0.486. The molecule has 2 aromatic heterocycles. The van der Waals surface area contributed by atoms with E-state index in [1.54, 1.807) is 0 Å². The monoisotopic (exact) mass is 363 g/mol. The molecule has 27 heavy (non-hydrogen) atoms. The van der Waals surface area contributed by atoms with Gasteiger partial charge in [0.05, 0.1) is 5.52 Å². The highest BCUT2D eigenvalue weighted by Crippen LogP contribution is 2.32. The molecule has 1 aromatic carbocycles. The molecule has 0 unspecified atom stereocenters. The molecule has 0 radical (unpaired) electrons. The number of piperidine rings is 1. The minimum atomic E-state index is 0.486. The fourth-order valence-corrected chi connectivity index (χ4v) is 4.19. The van der Waals surface area contributed by atoms with Crippen molar-refractivity contribution in [3.8, 4) is 0 Å². The van der Waals surface area contributed by atoms with Gasteiger partial charge in [-0.2, -0.15) is 0 Å². The van der Waals surface area contributed by atoms with Gasteiger partial charge >= 0.3 is 0 Å². The number of hydrogen-bond acceptors (Lipinski definition) is 4. The molecule has 0 spiro atoms. The summed E-state index contributed by atoms with van der Waals surface area (Å²) in [4.78, 5) is 14.0. The van der Waals surface area contributed by atoms with Gasteiger partial charge in [-0.3, -0.25) is 4.98 Å². The number of benzene rings is 1. The SMILES string of the molecule is CN(C)CCCn1ccnc1[C@H]1CCCN(c2ccnc3ccccc23)C1. The van der Waals surface area contributed by atoms with Gasteiger partial charge in [-0.05, 0) is 52.0 Å². The second kappa shape index (κ2) is 8.09. The van der Waals surface area contributed by atoms with Crippen molar-refractivity contribution in [1.29, 1.82) is 0 Å². The Labute approximate surface area is 161 Å². The lowest BCUT2D eigenvalue weighted by atomic mass is 9.96. The third-order valence-electron chi connectivity index (χ3n) is 5.51. The smallest absolute Gasteiger partial charge is 0.113 e. The van der Waals surface area contributed by atoms with Gasteiger partial charge in [0, 0.05) is 55.2 Å². The summed E-state index contributed by atoms with van der Waals surface area (Å²) in [5.74, 6) is 1.73. The standard InChI is InChI=1S/C22H29N5/c1-25(2)13-6-15-26-16-12-24-22(26)18-7-5-14-27(17-18)21-10-11-23-20-9-4-3-8-19(20)21/h3-4,8-12,16,18H,5-7,13-15,17H2,1-2H3/t18-/m0/s1. The largest absolute Gasteiger partial charge is 0.370 e. The molecule has 0 bridgehead atoms. The van der Waals surface area contributed by atoms with Crippen LogP contribution in [-0.4, -0.2) is 53.2 Å². The molecule has 5 heteroatoms. The number of para-hydroxylation sites is 1. The Hall–Kier alpha value is -2.40. The summed E-state index contributed by atoms with van der Waals surface area (Å²) in [6, 6.07) is 10.6. The molecule has 0 saturated carbocycles. The van der Waals surface area contributed by atoms with Crippen LogP contribution in [0, 0.1) is 0 Å². The zero-order valence-corrected chi connectivity index (χ0v) is 16.4. The average Bonchev–Trinajstić information content (AvgIpc) is 3.16. The highest BCUT2D eigenvalue weighted by molar-refractivity contribution is 5.91. The molecule has 0 amide bonds. The third kappa shape index (κ3) is 3.98. The maximum atomic E-state index is 4.74. The van der Waals surface area contributed by atoms with Crippen LogP contribution in [0.3, 0.4) is 0 Å². The first-order chi connectivity index (χ1) is 13.2. The molecule has 4 rings (SSSR count). The Morgan fingerprint density at radius 1 is 1.11 bits per heavy atom. The highest BCUT2D eigenvalue weighted by Gasteiger charge is 2.25. The number of anilines is 1. The van der Waals surface area contributed by atoms with Crippen LogP contribution in [0.15, 0.2) is 48.9 Å². The lowest BCUT2D eigenvalue weighted by Crippen LogP contribution is -2.35. The second-order valence-electron chi connectivity index (χ2n) is 7.77. The summed E-state index contributed by atoms with van der Waals surface area (Å²) in [7, 11) is 4.26. The van der Waals surface area contributed by atoms with E-state index in [-0.39, 0.29) is 0 Å². The summed E-state index contributed by atoms with van der Waals surface area (Å²) < 4.78 is 2.36. The maximum absolute atomic E-state index is 4.74. The van der Waals surface area contributed by atoms with Gasteiger partial charge in [-0.15, -0.1) is 0 Å². The zero-order valence-electron chi connectivity index (χ0n) is 16.4. The number of aromatic nitrogens is 3. The predicted molar refractivity (Wildman–Crippen MR) is 111 cm³/mol. The van der Waals surface area contributed by atoms with Crippen LogP contribution in [0.2, 0.25) is 0 Å². The number of aryl methyl sites for hydroxylation is 1. The van der Waals surface area contributed by atoms with Crippen molar-refractivity contribution >= 4 is 16.6 Å². The lowest BCUT2D eigenvalue weighted by molar-refractivity contribution is 0.380. The van der Waals surface area contributed by atoms with Crippen LogP contribution in [0.25, 0.3) is 10.9 Å². The molecular formula is C22H29N5. The van der Waals surface area contributed by atoms with Crippen LogP contribution in [-0.2, 0) is 6.54 Å². The highest BCUT2D eigenvalue weighted by atomic mass is 15.2. The van der Waals surface area contributed by atoms with Crippen LogP contribution < -0.4 is 4.90 Å². The average molecular weight is 364 g/mol. The van der Waals surface area contributed by atoms with Crippen LogP contribution in [0.1, 0.15) is 31.0 Å². The minimum Gasteiger partial charge on any atom is -0.370 e. The van der Waals surface area contributed by atoms with E-state index >= 15 is 0 Å². The molecule has 142 valence electrons. The van der Waals surface area contributed by atoms with Crippen LogP contribution >= 0.6 is 0 Å². The van der Waals surface area contributed by atoms with Gasteiger partial charge in [0.1, 0.15) is 5.82 Å². The van der Waals surface area contributed by atoms with Crippen LogP contribution in [0.4, 0.5) is 5.69 Å². The number of nitrogens with zero attached hydrogens (tertiary/aromatic N) is 5. The summed E-state index contributed by atoms with van der Waals surface area (Å²) >= 11 is 0. The quantitative estimate of drug-likeness (QED) is 0.668.